The Morgan fingerprint density at radius 2 is 1.93 bits per heavy atom. The monoisotopic (exact) mass is 263 g/mol. The van der Waals surface area contributed by atoms with E-state index in [0.717, 1.165) is 21.3 Å². The zero-order valence-corrected chi connectivity index (χ0v) is 9.86. The van der Waals surface area contributed by atoms with Gasteiger partial charge in [-0.2, -0.15) is 0 Å². The Bertz CT molecular complexity index is 471. The molecule has 3 heteroatoms. The number of rotatable bonds is 2. The lowest BCUT2D eigenvalue weighted by Gasteiger charge is -2.09. The molecule has 2 rings (SSSR count). The highest BCUT2D eigenvalue weighted by Crippen LogP contribution is 2.33. The first-order chi connectivity index (χ1) is 7.33. The molecule has 0 spiro atoms. The molecule has 0 radical (unpaired) electrons. The van der Waals surface area contributed by atoms with Crippen molar-refractivity contribution in [3.8, 4) is 16.9 Å². The van der Waals surface area contributed by atoms with Crippen LogP contribution in [0.5, 0.6) is 5.75 Å². The third-order valence-corrected chi connectivity index (χ3v) is 2.80. The summed E-state index contributed by atoms with van der Waals surface area (Å²) < 4.78 is 6.28. The summed E-state index contributed by atoms with van der Waals surface area (Å²) in [6, 6.07) is 9.88. The van der Waals surface area contributed by atoms with Crippen LogP contribution in [-0.2, 0) is 0 Å². The van der Waals surface area contributed by atoms with E-state index in [-0.39, 0.29) is 0 Å². The van der Waals surface area contributed by atoms with Gasteiger partial charge in [-0.25, -0.2) is 0 Å². The first-order valence-corrected chi connectivity index (χ1v) is 5.35. The number of hydrogen-bond acceptors (Lipinski definition) is 2. The van der Waals surface area contributed by atoms with Crippen LogP contribution in [0.3, 0.4) is 0 Å². The average Bonchev–Trinajstić information content (AvgIpc) is 2.30. The minimum absolute atomic E-state index is 0.865. The second-order valence-corrected chi connectivity index (χ2v) is 3.91. The molecule has 2 nitrogen and oxygen atoms in total. The number of nitrogens with zero attached hydrogens (tertiary/aromatic N) is 1. The lowest BCUT2D eigenvalue weighted by atomic mass is 10.1. The quantitative estimate of drug-likeness (QED) is 0.827. The van der Waals surface area contributed by atoms with Crippen LogP contribution in [0.25, 0.3) is 11.1 Å². The van der Waals surface area contributed by atoms with Gasteiger partial charge in [0.1, 0.15) is 5.75 Å². The summed E-state index contributed by atoms with van der Waals surface area (Å²) >= 11 is 3.48. The summed E-state index contributed by atoms with van der Waals surface area (Å²) in [6.07, 6.45) is 3.55. The number of halogens is 1. The minimum Gasteiger partial charge on any atom is -0.496 e. The van der Waals surface area contributed by atoms with Crippen LogP contribution in [-0.4, -0.2) is 12.1 Å². The fourth-order valence-corrected chi connectivity index (χ4v) is 1.92. The first kappa shape index (κ1) is 10.2. The van der Waals surface area contributed by atoms with Crippen LogP contribution in [0.15, 0.2) is 47.2 Å². The van der Waals surface area contributed by atoms with Crippen LogP contribution < -0.4 is 4.74 Å². The largest absolute Gasteiger partial charge is 0.496 e. The van der Waals surface area contributed by atoms with Gasteiger partial charge in [0, 0.05) is 28.0 Å². The van der Waals surface area contributed by atoms with Gasteiger partial charge in [-0.15, -0.1) is 0 Å². The van der Waals surface area contributed by atoms with Crippen molar-refractivity contribution in [3.05, 3.63) is 47.2 Å². The van der Waals surface area contributed by atoms with Crippen molar-refractivity contribution in [3.63, 3.8) is 0 Å². The molecule has 0 fully saturated rings. The highest BCUT2D eigenvalue weighted by atomic mass is 79.9. The second-order valence-electron chi connectivity index (χ2n) is 3.06. The molecule has 0 aliphatic heterocycles. The fraction of sp³-hybridized carbons (Fsp3) is 0.0833. The van der Waals surface area contributed by atoms with Crippen LogP contribution in [0.4, 0.5) is 0 Å². The van der Waals surface area contributed by atoms with Gasteiger partial charge in [-0.1, -0.05) is 18.2 Å². The highest BCUT2D eigenvalue weighted by Gasteiger charge is 2.07. The van der Waals surface area contributed by atoms with E-state index in [1.54, 1.807) is 19.5 Å². The Hall–Kier alpha value is -1.35. The Morgan fingerprint density at radius 1 is 1.13 bits per heavy atom. The summed E-state index contributed by atoms with van der Waals surface area (Å²) in [5, 5.41) is 0. The smallest absolute Gasteiger partial charge is 0.126 e. The van der Waals surface area contributed by atoms with Gasteiger partial charge in [-0.05, 0) is 28.1 Å². The third-order valence-electron chi connectivity index (χ3n) is 2.17. The minimum atomic E-state index is 0.865. The second kappa shape index (κ2) is 4.45. The predicted molar refractivity (Wildman–Crippen MR) is 63.9 cm³/mol. The maximum absolute atomic E-state index is 5.31. The van der Waals surface area contributed by atoms with E-state index in [2.05, 4.69) is 20.9 Å². The Kier molecular flexibility index (Phi) is 3.02. The van der Waals surface area contributed by atoms with Gasteiger partial charge in [0.25, 0.3) is 0 Å². The van der Waals surface area contributed by atoms with Crippen LogP contribution in [0, 0.1) is 0 Å². The van der Waals surface area contributed by atoms with Gasteiger partial charge in [0.05, 0.1) is 7.11 Å². The zero-order valence-electron chi connectivity index (χ0n) is 8.27. The number of methoxy groups -OCH3 is 1. The van der Waals surface area contributed by atoms with Crippen molar-refractivity contribution in [2.24, 2.45) is 0 Å². The van der Waals surface area contributed by atoms with Crippen LogP contribution in [0.1, 0.15) is 0 Å². The van der Waals surface area contributed by atoms with Crippen molar-refractivity contribution < 1.29 is 4.74 Å². The average molecular weight is 264 g/mol. The SMILES string of the molecule is COc1ccccc1-c1ccncc1Br. The Labute approximate surface area is 97.1 Å². The maximum Gasteiger partial charge on any atom is 0.126 e. The predicted octanol–water partition coefficient (Wildman–Crippen LogP) is 3.52. The molecule has 0 aliphatic rings. The zero-order chi connectivity index (χ0) is 10.7. The van der Waals surface area contributed by atoms with Crippen LogP contribution in [0.2, 0.25) is 0 Å². The molecule has 0 saturated carbocycles. The third kappa shape index (κ3) is 2.02. The summed E-state index contributed by atoms with van der Waals surface area (Å²) in [4.78, 5) is 4.04. The Balaban J connectivity index is 2.59. The van der Waals surface area contributed by atoms with Crippen LogP contribution >= 0.6 is 15.9 Å². The van der Waals surface area contributed by atoms with Gasteiger partial charge in [-0.3, -0.25) is 4.98 Å². The van der Waals surface area contributed by atoms with Gasteiger partial charge >= 0.3 is 0 Å². The van der Waals surface area contributed by atoms with Crippen molar-refractivity contribution in [1.82, 2.24) is 4.98 Å². The highest BCUT2D eigenvalue weighted by molar-refractivity contribution is 9.10. The van der Waals surface area contributed by atoms with Gasteiger partial charge in [0.15, 0.2) is 0 Å². The molecule has 0 aliphatic carbocycles. The molecule has 15 heavy (non-hydrogen) atoms. The van der Waals surface area contributed by atoms with E-state index in [0.29, 0.717) is 0 Å². The lowest BCUT2D eigenvalue weighted by molar-refractivity contribution is 0.416. The molecule has 76 valence electrons. The van der Waals surface area contributed by atoms with Gasteiger partial charge in [0.2, 0.25) is 0 Å². The molecule has 0 saturated heterocycles. The lowest BCUT2D eigenvalue weighted by Crippen LogP contribution is -1.88. The number of pyridine rings is 1. The number of para-hydroxylation sites is 1. The Morgan fingerprint density at radius 3 is 2.67 bits per heavy atom. The normalized spacial score (nSPS) is 10.0. The van der Waals surface area contributed by atoms with E-state index in [1.165, 1.54) is 0 Å². The van der Waals surface area contributed by atoms with E-state index in [1.807, 2.05) is 30.3 Å². The molecular formula is C12H10BrNO. The molecular weight excluding hydrogens is 254 g/mol. The standard InChI is InChI=1S/C12H10BrNO/c1-15-12-5-3-2-4-10(12)9-6-7-14-8-11(9)13/h2-8H,1H3. The number of benzene rings is 1. The molecule has 0 amide bonds. The van der Waals surface area contributed by atoms with Gasteiger partial charge < -0.3 is 4.74 Å². The van der Waals surface area contributed by atoms with E-state index in [9.17, 15) is 0 Å². The summed E-state index contributed by atoms with van der Waals surface area (Å²) in [6.45, 7) is 0. The molecule has 2 aromatic rings. The maximum atomic E-state index is 5.31. The van der Waals surface area contributed by atoms with E-state index < -0.39 is 0 Å². The van der Waals surface area contributed by atoms with Crippen molar-refractivity contribution in [2.75, 3.05) is 7.11 Å². The molecule has 0 unspecified atom stereocenters. The molecule has 1 aromatic heterocycles. The topological polar surface area (TPSA) is 22.1 Å². The fourth-order valence-electron chi connectivity index (χ4n) is 1.46. The molecule has 0 N–H and O–H groups in total. The van der Waals surface area contributed by atoms with Crippen molar-refractivity contribution in [1.29, 1.82) is 0 Å². The number of aromatic nitrogens is 1. The van der Waals surface area contributed by atoms with E-state index in [4.69, 9.17) is 4.74 Å². The molecule has 1 heterocycles. The van der Waals surface area contributed by atoms with E-state index >= 15 is 0 Å². The number of ether oxygens (including phenoxy) is 1. The summed E-state index contributed by atoms with van der Waals surface area (Å²) in [5.41, 5.74) is 2.15. The summed E-state index contributed by atoms with van der Waals surface area (Å²) in [5.74, 6) is 0.865. The van der Waals surface area contributed by atoms with Crippen molar-refractivity contribution >= 4 is 15.9 Å². The first-order valence-electron chi connectivity index (χ1n) is 4.56. The molecule has 0 atom stereocenters. The summed E-state index contributed by atoms with van der Waals surface area (Å²) in [7, 11) is 1.67. The number of hydrogen-bond donors (Lipinski definition) is 0. The molecule has 0 bridgehead atoms. The molecule has 1 aromatic carbocycles. The van der Waals surface area contributed by atoms with Crippen molar-refractivity contribution in [2.45, 2.75) is 0 Å².